The largest absolute Gasteiger partial charge is 0.507 e. The molecule has 242 valence electrons. The molecule has 0 radical (unpaired) electrons. The number of nitrogens with one attached hydrogen (secondary N) is 2. The molecule has 4 aliphatic rings. The van der Waals surface area contributed by atoms with Crippen LogP contribution in [0.25, 0.3) is 0 Å². The van der Waals surface area contributed by atoms with Crippen molar-refractivity contribution in [2.45, 2.75) is 56.7 Å². The van der Waals surface area contributed by atoms with Gasteiger partial charge in [-0.15, -0.1) is 0 Å². The summed E-state index contributed by atoms with van der Waals surface area (Å²) in [6.07, 6.45) is 3.02. The van der Waals surface area contributed by atoms with E-state index in [2.05, 4.69) is 31.5 Å². The number of urea groups is 1. The summed E-state index contributed by atoms with van der Waals surface area (Å²) in [5.74, 6) is -0.0781. The Kier molecular flexibility index (Phi) is 10.1. The topological polar surface area (TPSA) is 118 Å². The van der Waals surface area contributed by atoms with E-state index in [1.807, 2.05) is 34.1 Å². The van der Waals surface area contributed by atoms with Crippen molar-refractivity contribution in [1.29, 1.82) is 0 Å². The van der Waals surface area contributed by atoms with Gasteiger partial charge in [0.1, 0.15) is 5.75 Å². The number of ether oxygens (including phenoxy) is 1. The summed E-state index contributed by atoms with van der Waals surface area (Å²) < 4.78 is 6.51. The summed E-state index contributed by atoms with van der Waals surface area (Å²) in [4.78, 5) is 48.2. The SMILES string of the molecule is O=C(O[C@H](Cc1ccc(O)c(Br)c1)C(=O)N1CCN(C2CCNCC2)CC1)N1CCC(N2CCc3ccccc3NC2=O)CC1. The monoisotopic (exact) mass is 682 g/mol. The van der Waals surface area contributed by atoms with Crippen molar-refractivity contribution in [1.82, 2.24) is 24.9 Å². The highest BCUT2D eigenvalue weighted by Crippen LogP contribution is 2.27. The molecule has 4 aliphatic heterocycles. The van der Waals surface area contributed by atoms with Crippen molar-refractivity contribution in [3.05, 3.63) is 58.1 Å². The highest BCUT2D eigenvalue weighted by Gasteiger charge is 2.36. The van der Waals surface area contributed by atoms with Crippen LogP contribution in [0.2, 0.25) is 0 Å². The van der Waals surface area contributed by atoms with Crippen molar-refractivity contribution in [2.24, 2.45) is 0 Å². The highest BCUT2D eigenvalue weighted by atomic mass is 79.9. The van der Waals surface area contributed by atoms with Gasteiger partial charge in [-0.3, -0.25) is 9.69 Å². The fourth-order valence-corrected chi connectivity index (χ4v) is 7.47. The number of piperazine rings is 1. The number of rotatable bonds is 6. The molecule has 3 N–H and O–H groups in total. The average molecular weight is 684 g/mol. The van der Waals surface area contributed by atoms with Crippen molar-refractivity contribution in [3.63, 3.8) is 0 Å². The number of hydrogen-bond donors (Lipinski definition) is 3. The maximum Gasteiger partial charge on any atom is 0.410 e. The Labute approximate surface area is 273 Å². The summed E-state index contributed by atoms with van der Waals surface area (Å²) >= 11 is 3.36. The molecule has 0 spiro atoms. The lowest BCUT2D eigenvalue weighted by Gasteiger charge is -2.41. The van der Waals surface area contributed by atoms with Crippen LogP contribution in [0.1, 0.15) is 36.8 Å². The zero-order valence-corrected chi connectivity index (χ0v) is 27.2. The number of halogens is 1. The first-order valence-electron chi connectivity index (χ1n) is 16.2. The minimum atomic E-state index is -0.980. The Hall–Kier alpha value is -3.35. The molecule has 2 aromatic carbocycles. The number of fused-ring (bicyclic) bond motifs is 1. The molecule has 11 nitrogen and oxygen atoms in total. The lowest BCUT2D eigenvalue weighted by atomic mass is 10.0. The van der Waals surface area contributed by atoms with E-state index in [9.17, 15) is 19.5 Å². The first-order chi connectivity index (χ1) is 21.9. The fourth-order valence-electron chi connectivity index (χ4n) is 7.05. The maximum atomic E-state index is 13.9. The van der Waals surface area contributed by atoms with Crippen LogP contribution >= 0.6 is 15.9 Å². The smallest absolute Gasteiger partial charge is 0.410 e. The Balaban J connectivity index is 1.07. The molecule has 6 rings (SSSR count). The van der Waals surface area contributed by atoms with Crippen molar-refractivity contribution < 1.29 is 24.2 Å². The zero-order valence-electron chi connectivity index (χ0n) is 25.6. The van der Waals surface area contributed by atoms with Gasteiger partial charge in [-0.05, 0) is 90.4 Å². The first kappa shape index (κ1) is 31.6. The van der Waals surface area contributed by atoms with Gasteiger partial charge in [0.2, 0.25) is 0 Å². The Bertz CT molecular complexity index is 1370. The van der Waals surface area contributed by atoms with Crippen LogP contribution in [0.3, 0.4) is 0 Å². The van der Waals surface area contributed by atoms with Gasteiger partial charge in [-0.25, -0.2) is 9.59 Å². The maximum absolute atomic E-state index is 13.9. The third-order valence-corrected chi connectivity index (χ3v) is 10.3. The number of piperidine rings is 2. The quantitative estimate of drug-likeness (QED) is 0.426. The number of para-hydroxylation sites is 1. The molecule has 3 fully saturated rings. The number of nitrogens with zero attached hydrogens (tertiary/aromatic N) is 4. The minimum Gasteiger partial charge on any atom is -0.507 e. The molecule has 12 heteroatoms. The summed E-state index contributed by atoms with van der Waals surface area (Å²) in [5.41, 5.74) is 2.76. The van der Waals surface area contributed by atoms with Crippen molar-refractivity contribution >= 4 is 39.6 Å². The normalized spacial score (nSPS) is 21.1. The van der Waals surface area contributed by atoms with E-state index in [-0.39, 0.29) is 30.2 Å². The van der Waals surface area contributed by atoms with Crippen LogP contribution in [0.5, 0.6) is 5.75 Å². The highest BCUT2D eigenvalue weighted by molar-refractivity contribution is 9.10. The van der Waals surface area contributed by atoms with Crippen LogP contribution in [-0.4, -0.2) is 120 Å². The average Bonchev–Trinajstić information content (AvgIpc) is 3.24. The number of carbonyl (C=O) groups is 3. The first-order valence-corrected chi connectivity index (χ1v) is 17.0. The summed E-state index contributed by atoms with van der Waals surface area (Å²) in [6, 6.07) is 13.4. The third-order valence-electron chi connectivity index (χ3n) is 9.71. The summed E-state index contributed by atoms with van der Waals surface area (Å²) in [6.45, 7) is 6.40. The van der Waals surface area contributed by atoms with Gasteiger partial charge in [0.25, 0.3) is 5.91 Å². The molecule has 2 aromatic rings. The predicted molar refractivity (Wildman–Crippen MR) is 174 cm³/mol. The number of aromatic hydroxyl groups is 1. The molecule has 3 saturated heterocycles. The fraction of sp³-hybridized carbons (Fsp3) is 0.545. The summed E-state index contributed by atoms with van der Waals surface area (Å²) in [5, 5.41) is 16.4. The zero-order chi connectivity index (χ0) is 31.3. The number of carbonyl (C=O) groups excluding carboxylic acids is 3. The molecule has 0 aromatic heterocycles. The van der Waals surface area contributed by atoms with Crippen molar-refractivity contribution in [2.75, 3.05) is 64.2 Å². The van der Waals surface area contributed by atoms with Gasteiger partial charge >= 0.3 is 12.1 Å². The molecular weight excluding hydrogens is 640 g/mol. The number of amides is 4. The number of benzene rings is 2. The predicted octanol–water partition coefficient (Wildman–Crippen LogP) is 3.65. The number of likely N-dealkylation sites (tertiary alicyclic amines) is 1. The van der Waals surface area contributed by atoms with Crippen LogP contribution in [0.15, 0.2) is 46.9 Å². The second kappa shape index (κ2) is 14.4. The number of phenolic OH excluding ortho intramolecular Hbond substituents is 1. The molecule has 0 saturated carbocycles. The van der Waals surface area contributed by atoms with E-state index < -0.39 is 12.2 Å². The second-order valence-corrected chi connectivity index (χ2v) is 13.3. The molecular formula is C33H43BrN6O5. The van der Waals surface area contributed by atoms with E-state index in [0.717, 1.165) is 62.3 Å². The van der Waals surface area contributed by atoms with E-state index in [4.69, 9.17) is 4.74 Å². The molecule has 0 aliphatic carbocycles. The van der Waals surface area contributed by atoms with Crippen LogP contribution in [0.4, 0.5) is 15.3 Å². The van der Waals surface area contributed by atoms with E-state index >= 15 is 0 Å². The molecule has 4 amide bonds. The number of anilines is 1. The third kappa shape index (κ3) is 7.56. The number of hydrogen-bond acceptors (Lipinski definition) is 7. The minimum absolute atomic E-state index is 0.0198. The van der Waals surface area contributed by atoms with Crippen LogP contribution < -0.4 is 10.6 Å². The van der Waals surface area contributed by atoms with Crippen LogP contribution in [-0.2, 0) is 22.4 Å². The van der Waals surface area contributed by atoms with Gasteiger partial charge < -0.3 is 35.2 Å². The lowest BCUT2D eigenvalue weighted by Crippen LogP contribution is -2.56. The van der Waals surface area contributed by atoms with E-state index in [1.165, 1.54) is 0 Å². The second-order valence-electron chi connectivity index (χ2n) is 12.5. The molecule has 45 heavy (non-hydrogen) atoms. The lowest BCUT2D eigenvalue weighted by molar-refractivity contribution is -0.143. The molecule has 4 heterocycles. The van der Waals surface area contributed by atoms with Crippen LogP contribution in [0, 0.1) is 0 Å². The van der Waals surface area contributed by atoms with E-state index in [1.54, 1.807) is 23.1 Å². The number of phenols is 1. The van der Waals surface area contributed by atoms with Gasteiger partial charge in [-0.2, -0.15) is 0 Å². The Morgan fingerprint density at radius 2 is 1.64 bits per heavy atom. The van der Waals surface area contributed by atoms with Gasteiger partial charge in [0.15, 0.2) is 6.10 Å². The Morgan fingerprint density at radius 3 is 2.38 bits per heavy atom. The van der Waals surface area contributed by atoms with E-state index in [0.29, 0.717) is 56.1 Å². The van der Waals surface area contributed by atoms with Gasteiger partial charge in [0, 0.05) is 70.0 Å². The summed E-state index contributed by atoms with van der Waals surface area (Å²) in [7, 11) is 0. The Morgan fingerprint density at radius 1 is 0.911 bits per heavy atom. The van der Waals surface area contributed by atoms with Gasteiger partial charge in [-0.1, -0.05) is 24.3 Å². The van der Waals surface area contributed by atoms with Gasteiger partial charge in [0.05, 0.1) is 4.47 Å². The molecule has 1 atom stereocenters. The molecule has 0 unspecified atom stereocenters. The molecule has 0 bridgehead atoms. The standard InChI is InChI=1S/C33H43BrN6O5/c34-27-21-23(5-6-29(27)41)22-30(31(42)38-19-17-37(18-20-38)25-7-12-35-13-8-25)45-33(44)39-14-10-26(11-15-39)40-16-9-24-3-1-2-4-28(24)36-32(40)43/h1-6,21,25-26,30,35,41H,7-20,22H2,(H,36,43)/t30-/m1/s1. The van der Waals surface area contributed by atoms with Crippen molar-refractivity contribution in [3.8, 4) is 5.75 Å².